The molecule has 6 nitrogen and oxygen atoms in total. The quantitative estimate of drug-likeness (QED) is 0.381. The highest BCUT2D eigenvalue weighted by atomic mass is 35.5. The monoisotopic (exact) mass is 479 g/mol. The van der Waals surface area contributed by atoms with Crippen molar-refractivity contribution in [3.8, 4) is 17.4 Å². The van der Waals surface area contributed by atoms with E-state index in [1.165, 1.54) is 11.8 Å². The molecule has 0 atom stereocenters. The number of halogens is 1. The highest BCUT2D eigenvalue weighted by molar-refractivity contribution is 6.30. The summed E-state index contributed by atoms with van der Waals surface area (Å²) < 4.78 is 11.2. The van der Waals surface area contributed by atoms with Crippen molar-refractivity contribution in [2.75, 3.05) is 26.7 Å². The number of piperidine rings is 1. The number of carbonyl (C=O) groups excluding carboxylic acids is 1. The van der Waals surface area contributed by atoms with Crippen LogP contribution >= 0.6 is 11.6 Å². The minimum absolute atomic E-state index is 0.298. The number of rotatable bonds is 8. The molecule has 1 fully saturated rings. The average Bonchev–Trinajstić information content (AvgIpc) is 2.86. The van der Waals surface area contributed by atoms with E-state index in [1.807, 2.05) is 6.07 Å². The van der Waals surface area contributed by atoms with Gasteiger partial charge < -0.3 is 19.3 Å². The fourth-order valence-electron chi connectivity index (χ4n) is 4.07. The maximum Gasteiger partial charge on any atom is 0.415 e. The van der Waals surface area contributed by atoms with Gasteiger partial charge in [-0.15, -0.1) is 0 Å². The third-order valence-corrected chi connectivity index (χ3v) is 6.26. The van der Waals surface area contributed by atoms with E-state index in [0.717, 1.165) is 45.4 Å². The minimum Gasteiger partial charge on any atom is -0.439 e. The fraction of sp³-hybridized carbons (Fsp3) is 0.333. The van der Waals surface area contributed by atoms with Gasteiger partial charge in [0.2, 0.25) is 5.88 Å². The number of pyridine rings is 1. The van der Waals surface area contributed by atoms with Gasteiger partial charge in [-0.3, -0.25) is 0 Å². The molecule has 0 N–H and O–H groups in total. The van der Waals surface area contributed by atoms with Crippen LogP contribution in [0.1, 0.15) is 24.8 Å². The molecule has 2 heterocycles. The molecule has 0 saturated carbocycles. The van der Waals surface area contributed by atoms with Crippen molar-refractivity contribution in [1.29, 1.82) is 0 Å². The third-order valence-electron chi connectivity index (χ3n) is 6.04. The van der Waals surface area contributed by atoms with E-state index < -0.39 is 0 Å². The summed E-state index contributed by atoms with van der Waals surface area (Å²) in [5.74, 6) is 2.18. The predicted molar refractivity (Wildman–Crippen MR) is 133 cm³/mol. The summed E-state index contributed by atoms with van der Waals surface area (Å²) in [5.41, 5.74) is 1.34. The van der Waals surface area contributed by atoms with Crippen LogP contribution < -0.4 is 9.47 Å². The molecule has 178 valence electrons. The topological polar surface area (TPSA) is 54.9 Å². The summed E-state index contributed by atoms with van der Waals surface area (Å²) in [7, 11) is 2.17. The molecule has 1 amide bonds. The van der Waals surface area contributed by atoms with Crippen LogP contribution in [-0.4, -0.2) is 47.6 Å². The lowest BCUT2D eigenvalue weighted by Crippen LogP contribution is -2.40. The van der Waals surface area contributed by atoms with Crippen LogP contribution in [0.5, 0.6) is 17.4 Å². The molecule has 0 spiro atoms. The molecular weight excluding hydrogens is 450 g/mol. The zero-order valence-corrected chi connectivity index (χ0v) is 20.2. The Balaban J connectivity index is 1.17. The Labute approximate surface area is 206 Å². The van der Waals surface area contributed by atoms with Crippen LogP contribution in [0.2, 0.25) is 5.02 Å². The van der Waals surface area contributed by atoms with Crippen molar-refractivity contribution < 1.29 is 14.3 Å². The number of nitrogens with zero attached hydrogens (tertiary/aromatic N) is 3. The van der Waals surface area contributed by atoms with Crippen LogP contribution in [-0.2, 0) is 6.54 Å². The van der Waals surface area contributed by atoms with Crippen LogP contribution in [0.25, 0.3) is 0 Å². The van der Waals surface area contributed by atoms with E-state index in [-0.39, 0.29) is 6.09 Å². The first-order valence-corrected chi connectivity index (χ1v) is 12.0. The number of amides is 1. The molecule has 1 saturated heterocycles. The molecule has 0 bridgehead atoms. The largest absolute Gasteiger partial charge is 0.439 e. The Hall–Kier alpha value is -3.09. The van der Waals surface area contributed by atoms with Crippen molar-refractivity contribution in [2.45, 2.75) is 25.8 Å². The molecule has 7 heteroatoms. The van der Waals surface area contributed by atoms with Crippen molar-refractivity contribution in [1.82, 2.24) is 14.8 Å². The maximum atomic E-state index is 12.6. The van der Waals surface area contributed by atoms with Crippen LogP contribution in [0.4, 0.5) is 4.79 Å². The van der Waals surface area contributed by atoms with Crippen molar-refractivity contribution >= 4 is 17.7 Å². The first-order chi connectivity index (χ1) is 16.5. The Bertz CT molecular complexity index is 1040. The number of aromatic nitrogens is 1. The summed E-state index contributed by atoms with van der Waals surface area (Å²) in [6.07, 6.45) is 4.40. The Kier molecular flexibility index (Phi) is 8.39. The number of hydrogen-bond donors (Lipinski definition) is 0. The van der Waals surface area contributed by atoms with Crippen LogP contribution in [0.3, 0.4) is 0 Å². The zero-order chi connectivity index (χ0) is 23.8. The molecule has 0 aliphatic carbocycles. The average molecular weight is 480 g/mol. The molecule has 0 radical (unpaired) electrons. The van der Waals surface area contributed by atoms with E-state index in [1.54, 1.807) is 41.3 Å². The lowest BCUT2D eigenvalue weighted by atomic mass is 9.93. The molecule has 4 rings (SSSR count). The van der Waals surface area contributed by atoms with E-state index in [4.69, 9.17) is 21.1 Å². The second kappa shape index (κ2) is 11.9. The van der Waals surface area contributed by atoms with E-state index in [9.17, 15) is 4.79 Å². The standard InChI is InChI=1S/C27H30ClN3O3/c1-30(20-22-5-3-2-4-6-22)16-13-21-14-17-31(18-15-21)27(32)34-25-10-8-24(9-11-25)33-26-12-7-23(28)19-29-26/h2-12,19,21H,13-18,20H2,1H3. The van der Waals surface area contributed by atoms with Gasteiger partial charge in [0.15, 0.2) is 0 Å². The van der Waals surface area contributed by atoms with Gasteiger partial charge >= 0.3 is 6.09 Å². The molecular formula is C27H30ClN3O3. The highest BCUT2D eigenvalue weighted by Gasteiger charge is 2.24. The second-order valence-electron chi connectivity index (χ2n) is 8.70. The van der Waals surface area contributed by atoms with Gasteiger partial charge in [-0.1, -0.05) is 41.9 Å². The SMILES string of the molecule is CN(CCC1CCN(C(=O)Oc2ccc(Oc3ccc(Cl)cn3)cc2)CC1)Cc1ccccc1. The van der Waals surface area contributed by atoms with E-state index in [2.05, 4.69) is 41.2 Å². The van der Waals surface area contributed by atoms with Crippen LogP contribution in [0, 0.1) is 5.92 Å². The molecule has 1 aliphatic heterocycles. The van der Waals surface area contributed by atoms with Crippen molar-refractivity contribution in [3.63, 3.8) is 0 Å². The maximum absolute atomic E-state index is 12.6. The normalized spacial score (nSPS) is 14.3. The Morgan fingerprint density at radius 3 is 2.41 bits per heavy atom. The molecule has 0 unspecified atom stereocenters. The smallest absolute Gasteiger partial charge is 0.415 e. The van der Waals surface area contributed by atoms with Gasteiger partial charge in [-0.2, -0.15) is 0 Å². The molecule has 34 heavy (non-hydrogen) atoms. The summed E-state index contributed by atoms with van der Waals surface area (Å²) >= 11 is 5.84. The van der Waals surface area contributed by atoms with E-state index >= 15 is 0 Å². The van der Waals surface area contributed by atoms with Gasteiger partial charge in [0.25, 0.3) is 0 Å². The number of likely N-dealkylation sites (tertiary alicyclic amines) is 1. The van der Waals surface area contributed by atoms with Gasteiger partial charge in [0.05, 0.1) is 5.02 Å². The Morgan fingerprint density at radius 1 is 1.03 bits per heavy atom. The fourth-order valence-corrected chi connectivity index (χ4v) is 4.18. The van der Waals surface area contributed by atoms with Gasteiger partial charge in [-0.25, -0.2) is 9.78 Å². The minimum atomic E-state index is -0.298. The van der Waals surface area contributed by atoms with Crippen molar-refractivity contribution in [2.24, 2.45) is 5.92 Å². The lowest BCUT2D eigenvalue weighted by molar-refractivity contribution is 0.126. The molecule has 1 aliphatic rings. The number of ether oxygens (including phenoxy) is 2. The molecule has 1 aromatic heterocycles. The van der Waals surface area contributed by atoms with Gasteiger partial charge in [0.1, 0.15) is 11.5 Å². The first-order valence-electron chi connectivity index (χ1n) is 11.6. The number of hydrogen-bond acceptors (Lipinski definition) is 5. The molecule has 3 aromatic rings. The van der Waals surface area contributed by atoms with Crippen LogP contribution in [0.15, 0.2) is 72.9 Å². The van der Waals surface area contributed by atoms with Gasteiger partial charge in [-0.05, 0) is 74.7 Å². The lowest BCUT2D eigenvalue weighted by Gasteiger charge is -2.32. The second-order valence-corrected chi connectivity index (χ2v) is 9.14. The summed E-state index contributed by atoms with van der Waals surface area (Å²) in [5, 5.41) is 0.550. The summed E-state index contributed by atoms with van der Waals surface area (Å²) in [6.45, 7) is 3.49. The van der Waals surface area contributed by atoms with Crippen molar-refractivity contribution in [3.05, 3.63) is 83.5 Å². The first kappa shape index (κ1) is 24.0. The molecule has 2 aromatic carbocycles. The van der Waals surface area contributed by atoms with E-state index in [0.29, 0.717) is 28.3 Å². The zero-order valence-electron chi connectivity index (χ0n) is 19.4. The summed E-state index contributed by atoms with van der Waals surface area (Å²) in [6, 6.07) is 20.9. The van der Waals surface area contributed by atoms with Gasteiger partial charge in [0, 0.05) is 31.9 Å². The predicted octanol–water partition coefficient (Wildman–Crippen LogP) is 6.26. The highest BCUT2D eigenvalue weighted by Crippen LogP contribution is 2.25. The number of benzene rings is 2. The Morgan fingerprint density at radius 2 is 1.74 bits per heavy atom. The third kappa shape index (κ3) is 7.20. The number of carbonyl (C=O) groups is 1. The summed E-state index contributed by atoms with van der Waals surface area (Å²) in [4.78, 5) is 20.9.